The van der Waals surface area contributed by atoms with Crippen molar-refractivity contribution in [1.29, 1.82) is 0 Å². The minimum absolute atomic E-state index is 1.04. The SMILES string of the molecule is CC#Cc1ccc(-c2cc3c(cc(-c4ccc(C#CC)cc4)n3C)n2C)cc1. The van der Waals surface area contributed by atoms with Crippen LogP contribution in [0.5, 0.6) is 0 Å². The Morgan fingerprint density at radius 3 is 1.25 bits per heavy atom. The summed E-state index contributed by atoms with van der Waals surface area (Å²) in [6, 6.07) is 21.4. The van der Waals surface area contributed by atoms with Crippen molar-refractivity contribution in [3.05, 3.63) is 71.8 Å². The van der Waals surface area contributed by atoms with Crippen molar-refractivity contribution in [1.82, 2.24) is 9.13 Å². The highest BCUT2D eigenvalue weighted by Gasteiger charge is 2.14. The molecule has 0 aliphatic carbocycles. The molecular weight excluding hydrogens is 340 g/mol. The summed E-state index contributed by atoms with van der Waals surface area (Å²) in [4.78, 5) is 0. The highest BCUT2D eigenvalue weighted by atomic mass is 15.0. The zero-order valence-electron chi connectivity index (χ0n) is 16.7. The summed E-state index contributed by atoms with van der Waals surface area (Å²) in [7, 11) is 4.25. The number of aromatic nitrogens is 2. The number of nitrogens with zero attached hydrogens (tertiary/aromatic N) is 2. The number of benzene rings is 2. The summed E-state index contributed by atoms with van der Waals surface area (Å²) < 4.78 is 4.52. The summed E-state index contributed by atoms with van der Waals surface area (Å²) in [5, 5.41) is 0. The lowest BCUT2D eigenvalue weighted by molar-refractivity contribution is 0.977. The predicted octanol–water partition coefficient (Wildman–Crippen LogP) is 5.59. The molecule has 0 radical (unpaired) electrons. The van der Waals surface area contributed by atoms with E-state index >= 15 is 0 Å². The van der Waals surface area contributed by atoms with E-state index < -0.39 is 0 Å². The van der Waals surface area contributed by atoms with Crippen LogP contribution in [0.4, 0.5) is 0 Å². The predicted molar refractivity (Wildman–Crippen MR) is 118 cm³/mol. The molecule has 0 fully saturated rings. The van der Waals surface area contributed by atoms with Gasteiger partial charge in [-0.1, -0.05) is 36.1 Å². The maximum absolute atomic E-state index is 3.10. The Hall–Kier alpha value is -3.62. The van der Waals surface area contributed by atoms with E-state index in [1.54, 1.807) is 0 Å². The van der Waals surface area contributed by atoms with Crippen LogP contribution in [0, 0.1) is 23.7 Å². The number of hydrogen-bond donors (Lipinski definition) is 0. The molecular formula is C26H22N2. The lowest BCUT2D eigenvalue weighted by Gasteiger charge is -2.06. The molecule has 0 saturated carbocycles. The van der Waals surface area contributed by atoms with Crippen LogP contribution in [0.1, 0.15) is 25.0 Å². The third-order valence-electron chi connectivity index (χ3n) is 5.15. The molecule has 0 unspecified atom stereocenters. The van der Waals surface area contributed by atoms with E-state index in [9.17, 15) is 0 Å². The second-order valence-corrected chi connectivity index (χ2v) is 6.85. The van der Waals surface area contributed by atoms with Gasteiger partial charge in [-0.15, -0.1) is 11.8 Å². The molecule has 2 aromatic heterocycles. The van der Waals surface area contributed by atoms with Crippen LogP contribution in [-0.2, 0) is 14.1 Å². The van der Waals surface area contributed by atoms with Crippen LogP contribution < -0.4 is 0 Å². The van der Waals surface area contributed by atoms with Gasteiger partial charge in [-0.2, -0.15) is 0 Å². The Morgan fingerprint density at radius 2 is 0.929 bits per heavy atom. The monoisotopic (exact) mass is 362 g/mol. The normalized spacial score (nSPS) is 10.3. The van der Waals surface area contributed by atoms with Crippen LogP contribution in [0.15, 0.2) is 60.7 Å². The average Bonchev–Trinajstić information content (AvgIpc) is 3.21. The largest absolute Gasteiger partial charge is 0.342 e. The van der Waals surface area contributed by atoms with E-state index in [2.05, 4.69) is 108 Å². The second-order valence-electron chi connectivity index (χ2n) is 6.85. The fraction of sp³-hybridized carbons (Fsp3) is 0.154. The van der Waals surface area contributed by atoms with Gasteiger partial charge in [0.25, 0.3) is 0 Å². The Morgan fingerprint density at radius 1 is 0.571 bits per heavy atom. The van der Waals surface area contributed by atoms with Gasteiger partial charge in [0.1, 0.15) is 0 Å². The number of rotatable bonds is 2. The summed E-state index contributed by atoms with van der Waals surface area (Å²) in [5.74, 6) is 12.1. The third kappa shape index (κ3) is 3.00. The van der Waals surface area contributed by atoms with Gasteiger partial charge < -0.3 is 9.13 Å². The van der Waals surface area contributed by atoms with Gasteiger partial charge in [-0.25, -0.2) is 0 Å². The lowest BCUT2D eigenvalue weighted by atomic mass is 10.1. The first-order chi connectivity index (χ1) is 13.6. The molecule has 0 aliphatic rings. The second kappa shape index (κ2) is 7.18. The first kappa shape index (κ1) is 17.8. The van der Waals surface area contributed by atoms with Crippen molar-refractivity contribution < 1.29 is 0 Å². The summed E-state index contributed by atoms with van der Waals surface area (Å²) in [5.41, 5.74) is 9.35. The van der Waals surface area contributed by atoms with Crippen LogP contribution >= 0.6 is 0 Å². The van der Waals surface area contributed by atoms with Gasteiger partial charge in [-0.3, -0.25) is 0 Å². The Balaban J connectivity index is 1.76. The van der Waals surface area contributed by atoms with Gasteiger partial charge in [0.15, 0.2) is 0 Å². The molecule has 0 saturated heterocycles. The van der Waals surface area contributed by atoms with E-state index in [-0.39, 0.29) is 0 Å². The fourth-order valence-corrected chi connectivity index (χ4v) is 3.69. The van der Waals surface area contributed by atoms with E-state index in [0.717, 1.165) is 11.1 Å². The van der Waals surface area contributed by atoms with Gasteiger partial charge in [0.05, 0.1) is 22.4 Å². The summed E-state index contributed by atoms with van der Waals surface area (Å²) in [6.07, 6.45) is 0. The van der Waals surface area contributed by atoms with Crippen LogP contribution in [-0.4, -0.2) is 9.13 Å². The van der Waals surface area contributed by atoms with Crippen LogP contribution in [0.3, 0.4) is 0 Å². The molecule has 0 atom stereocenters. The molecule has 2 heterocycles. The first-order valence-electron chi connectivity index (χ1n) is 9.34. The van der Waals surface area contributed by atoms with E-state index in [1.807, 2.05) is 13.8 Å². The molecule has 2 heteroatoms. The molecule has 2 aromatic carbocycles. The highest BCUT2D eigenvalue weighted by Crippen LogP contribution is 2.33. The number of aryl methyl sites for hydroxylation is 2. The van der Waals surface area contributed by atoms with Gasteiger partial charge in [0.2, 0.25) is 0 Å². The Kier molecular flexibility index (Phi) is 4.56. The maximum Gasteiger partial charge on any atom is 0.0671 e. The van der Waals surface area contributed by atoms with Gasteiger partial charge in [-0.05, 0) is 61.4 Å². The van der Waals surface area contributed by atoms with Crippen molar-refractivity contribution in [3.8, 4) is 46.2 Å². The van der Waals surface area contributed by atoms with Crippen LogP contribution in [0.25, 0.3) is 33.5 Å². The molecule has 28 heavy (non-hydrogen) atoms. The van der Waals surface area contributed by atoms with Crippen molar-refractivity contribution in [3.63, 3.8) is 0 Å². The van der Waals surface area contributed by atoms with Crippen LogP contribution in [0.2, 0.25) is 0 Å². The molecule has 2 nitrogen and oxygen atoms in total. The zero-order valence-corrected chi connectivity index (χ0v) is 16.7. The fourth-order valence-electron chi connectivity index (χ4n) is 3.69. The molecule has 136 valence electrons. The van der Waals surface area contributed by atoms with Crippen molar-refractivity contribution in [2.24, 2.45) is 14.1 Å². The average molecular weight is 362 g/mol. The Labute approximate surface area is 166 Å². The highest BCUT2D eigenvalue weighted by molar-refractivity contribution is 5.90. The quantitative estimate of drug-likeness (QED) is 0.411. The molecule has 0 N–H and O–H groups in total. The molecule has 0 aliphatic heterocycles. The third-order valence-corrected chi connectivity index (χ3v) is 5.15. The van der Waals surface area contributed by atoms with E-state index in [0.29, 0.717) is 0 Å². The smallest absolute Gasteiger partial charge is 0.0671 e. The van der Waals surface area contributed by atoms with E-state index in [1.165, 1.54) is 33.5 Å². The van der Waals surface area contributed by atoms with Crippen molar-refractivity contribution >= 4 is 11.0 Å². The number of hydrogen-bond acceptors (Lipinski definition) is 0. The standard InChI is InChI=1S/C26H22N2/c1-5-7-19-9-13-21(14-10-19)23-17-25-26(27(23)3)18-24(28(25)4)22-15-11-20(8-6-2)12-16-22/h9-18H,1-4H3. The molecule has 4 rings (SSSR count). The van der Waals surface area contributed by atoms with Gasteiger partial charge in [0, 0.05) is 25.2 Å². The maximum atomic E-state index is 3.10. The molecule has 4 aromatic rings. The van der Waals surface area contributed by atoms with Gasteiger partial charge >= 0.3 is 0 Å². The minimum Gasteiger partial charge on any atom is -0.342 e. The lowest BCUT2D eigenvalue weighted by Crippen LogP contribution is -1.92. The zero-order chi connectivity index (χ0) is 19.7. The first-order valence-corrected chi connectivity index (χ1v) is 9.34. The summed E-state index contributed by atoms with van der Waals surface area (Å²) in [6.45, 7) is 3.72. The van der Waals surface area contributed by atoms with E-state index in [4.69, 9.17) is 0 Å². The minimum atomic E-state index is 1.04. The van der Waals surface area contributed by atoms with Crippen molar-refractivity contribution in [2.45, 2.75) is 13.8 Å². The molecule has 0 bridgehead atoms. The van der Waals surface area contributed by atoms with Crippen molar-refractivity contribution in [2.75, 3.05) is 0 Å². The number of fused-ring (bicyclic) bond motifs is 1. The molecule has 0 spiro atoms. The Bertz CT molecular complexity index is 1170. The topological polar surface area (TPSA) is 9.86 Å². The molecule has 0 amide bonds. The summed E-state index contributed by atoms with van der Waals surface area (Å²) >= 11 is 0.